The number of hydrogen-bond acceptors (Lipinski definition) is 4. The number of benzene rings is 2. The van der Waals surface area contributed by atoms with E-state index < -0.39 is 12.1 Å². The maximum atomic E-state index is 12.3. The van der Waals surface area contributed by atoms with Crippen LogP contribution in [0, 0.1) is 0 Å². The van der Waals surface area contributed by atoms with Crippen LogP contribution in [0.25, 0.3) is 22.2 Å². The third-order valence-corrected chi connectivity index (χ3v) is 3.49. The van der Waals surface area contributed by atoms with Crippen molar-refractivity contribution in [2.75, 3.05) is 5.43 Å². The molecular weight excluding hydrogens is 357 g/mol. The lowest BCUT2D eigenvalue weighted by Gasteiger charge is -2.12. The average molecular weight is 367 g/mol. The summed E-state index contributed by atoms with van der Waals surface area (Å²) in [6.45, 7) is 0. The molecule has 3 rings (SSSR count). The lowest BCUT2D eigenvalue weighted by atomic mass is 10.1. The number of nitrogens with one attached hydrogen (secondary N) is 2. The Bertz CT molecular complexity index is 932. The Morgan fingerprint density at radius 1 is 1.04 bits per heavy atom. The molecule has 0 aliphatic heterocycles. The van der Waals surface area contributed by atoms with Crippen LogP contribution in [0.1, 0.15) is 0 Å². The fourth-order valence-corrected chi connectivity index (χ4v) is 2.33. The van der Waals surface area contributed by atoms with Gasteiger partial charge in [-0.3, -0.25) is 15.6 Å². The summed E-state index contributed by atoms with van der Waals surface area (Å²) in [5.74, 6) is -2.32. The molecule has 0 spiro atoms. The first kappa shape index (κ1) is 17.0. The van der Waals surface area contributed by atoms with Crippen molar-refractivity contribution in [3.05, 3.63) is 53.6 Å². The SMILES string of the molecule is O=C(NNc1nc(-c2ccccc2)c2cc(Cl)ccc2n1)C(F)(F)F. The molecule has 0 aliphatic carbocycles. The quantitative estimate of drug-likeness (QED) is 0.689. The number of halogens is 4. The molecule has 1 aromatic heterocycles. The van der Waals surface area contributed by atoms with E-state index in [4.69, 9.17) is 11.6 Å². The predicted molar refractivity (Wildman–Crippen MR) is 87.8 cm³/mol. The molecule has 0 aliphatic rings. The van der Waals surface area contributed by atoms with E-state index in [0.717, 1.165) is 5.56 Å². The van der Waals surface area contributed by atoms with E-state index in [-0.39, 0.29) is 5.95 Å². The fraction of sp³-hybridized carbons (Fsp3) is 0.0625. The number of nitrogens with zero attached hydrogens (tertiary/aromatic N) is 2. The second-order valence-electron chi connectivity index (χ2n) is 5.00. The summed E-state index contributed by atoms with van der Waals surface area (Å²) in [5, 5.41) is 1.10. The third-order valence-electron chi connectivity index (χ3n) is 3.25. The van der Waals surface area contributed by atoms with Crippen molar-refractivity contribution in [2.24, 2.45) is 0 Å². The van der Waals surface area contributed by atoms with Gasteiger partial charge in [0.25, 0.3) is 0 Å². The van der Waals surface area contributed by atoms with Gasteiger partial charge in [0.2, 0.25) is 5.95 Å². The number of anilines is 1. The van der Waals surface area contributed by atoms with Crippen LogP contribution < -0.4 is 10.9 Å². The highest BCUT2D eigenvalue weighted by Gasteiger charge is 2.38. The molecule has 3 aromatic rings. The van der Waals surface area contributed by atoms with Crippen molar-refractivity contribution in [1.29, 1.82) is 0 Å². The van der Waals surface area contributed by atoms with Crippen molar-refractivity contribution in [2.45, 2.75) is 6.18 Å². The molecule has 5 nitrogen and oxygen atoms in total. The number of amides is 1. The van der Waals surface area contributed by atoms with Crippen LogP contribution in [0.3, 0.4) is 0 Å². The molecule has 1 amide bonds. The number of hydrogen-bond donors (Lipinski definition) is 2. The first-order chi connectivity index (χ1) is 11.8. The molecule has 0 saturated heterocycles. The lowest BCUT2D eigenvalue weighted by Crippen LogP contribution is -2.40. The monoisotopic (exact) mass is 366 g/mol. The number of carbonyl (C=O) groups excluding carboxylic acids is 1. The summed E-state index contributed by atoms with van der Waals surface area (Å²) >= 11 is 6.02. The highest BCUT2D eigenvalue weighted by molar-refractivity contribution is 6.31. The largest absolute Gasteiger partial charge is 0.472 e. The zero-order valence-corrected chi connectivity index (χ0v) is 13.2. The molecule has 2 aromatic carbocycles. The van der Waals surface area contributed by atoms with E-state index >= 15 is 0 Å². The van der Waals surface area contributed by atoms with Gasteiger partial charge in [-0.15, -0.1) is 0 Å². The van der Waals surface area contributed by atoms with Crippen LogP contribution in [0.2, 0.25) is 5.02 Å². The lowest BCUT2D eigenvalue weighted by molar-refractivity contribution is -0.173. The fourth-order valence-electron chi connectivity index (χ4n) is 2.16. The predicted octanol–water partition coefficient (Wildman–Crippen LogP) is 3.96. The molecule has 2 N–H and O–H groups in total. The van der Waals surface area contributed by atoms with Crippen molar-refractivity contribution in [1.82, 2.24) is 15.4 Å². The van der Waals surface area contributed by atoms with Gasteiger partial charge in [0.05, 0.1) is 11.2 Å². The number of aromatic nitrogens is 2. The highest BCUT2D eigenvalue weighted by Crippen LogP contribution is 2.29. The zero-order chi connectivity index (χ0) is 18.0. The van der Waals surface area contributed by atoms with Gasteiger partial charge >= 0.3 is 12.1 Å². The Hall–Kier alpha value is -2.87. The Morgan fingerprint density at radius 2 is 1.76 bits per heavy atom. The summed E-state index contributed by atoms with van der Waals surface area (Å²) < 4.78 is 36.9. The van der Waals surface area contributed by atoms with Gasteiger partial charge in [0.15, 0.2) is 0 Å². The van der Waals surface area contributed by atoms with E-state index in [0.29, 0.717) is 21.6 Å². The molecule has 128 valence electrons. The smallest absolute Gasteiger partial charge is 0.265 e. The minimum atomic E-state index is -5.01. The van der Waals surface area contributed by atoms with Crippen LogP contribution >= 0.6 is 11.6 Å². The first-order valence-electron chi connectivity index (χ1n) is 7.00. The summed E-state index contributed by atoms with van der Waals surface area (Å²) in [5.41, 5.74) is 5.28. The molecule has 9 heteroatoms. The average Bonchev–Trinajstić information content (AvgIpc) is 2.59. The van der Waals surface area contributed by atoms with Crippen molar-refractivity contribution < 1.29 is 18.0 Å². The maximum Gasteiger partial charge on any atom is 0.472 e. The Labute approximate surface area is 144 Å². The second kappa shape index (κ2) is 6.56. The number of hydrazine groups is 1. The number of carbonyl (C=O) groups is 1. The molecule has 0 radical (unpaired) electrons. The topological polar surface area (TPSA) is 66.9 Å². The number of fused-ring (bicyclic) bond motifs is 1. The molecule has 0 unspecified atom stereocenters. The molecule has 25 heavy (non-hydrogen) atoms. The van der Waals surface area contributed by atoms with Gasteiger partial charge in [-0.25, -0.2) is 9.97 Å². The van der Waals surface area contributed by atoms with Crippen LogP contribution in [-0.4, -0.2) is 22.1 Å². The van der Waals surface area contributed by atoms with E-state index in [1.807, 2.05) is 6.07 Å². The van der Waals surface area contributed by atoms with Gasteiger partial charge in [-0.2, -0.15) is 13.2 Å². The maximum absolute atomic E-state index is 12.3. The standard InChI is InChI=1S/C16H10ClF3N4O/c17-10-6-7-12-11(8-10)13(9-4-2-1-3-5-9)22-15(21-12)24-23-14(25)16(18,19)20/h1-8H,(H,23,25)(H,21,22,24). The van der Waals surface area contributed by atoms with Crippen LogP contribution in [-0.2, 0) is 4.79 Å². The second-order valence-corrected chi connectivity index (χ2v) is 5.44. The van der Waals surface area contributed by atoms with Gasteiger partial charge in [-0.1, -0.05) is 41.9 Å². The minimum absolute atomic E-state index is 0.175. The molecule has 0 fully saturated rings. The first-order valence-corrected chi connectivity index (χ1v) is 7.38. The number of rotatable bonds is 3. The van der Waals surface area contributed by atoms with Gasteiger partial charge in [-0.05, 0) is 18.2 Å². The number of alkyl halides is 3. The van der Waals surface area contributed by atoms with Crippen molar-refractivity contribution >= 4 is 34.4 Å². The Morgan fingerprint density at radius 3 is 2.44 bits per heavy atom. The van der Waals surface area contributed by atoms with E-state index in [2.05, 4.69) is 15.4 Å². The molecular formula is C16H10ClF3N4O. The van der Waals surface area contributed by atoms with Crippen molar-refractivity contribution in [3.63, 3.8) is 0 Å². The van der Waals surface area contributed by atoms with Gasteiger partial charge in [0, 0.05) is 16.0 Å². The van der Waals surface area contributed by atoms with Crippen LogP contribution in [0.4, 0.5) is 19.1 Å². The normalized spacial score (nSPS) is 11.4. The van der Waals surface area contributed by atoms with Gasteiger partial charge < -0.3 is 0 Å². The van der Waals surface area contributed by atoms with E-state index in [9.17, 15) is 18.0 Å². The molecule has 0 atom stereocenters. The Balaban J connectivity index is 2.04. The summed E-state index contributed by atoms with van der Waals surface area (Å²) in [6.07, 6.45) is -5.01. The van der Waals surface area contributed by atoms with Gasteiger partial charge in [0.1, 0.15) is 0 Å². The van der Waals surface area contributed by atoms with E-state index in [1.165, 1.54) is 5.43 Å². The third kappa shape index (κ3) is 3.80. The molecule has 1 heterocycles. The van der Waals surface area contributed by atoms with Crippen LogP contribution in [0.5, 0.6) is 0 Å². The molecule has 0 saturated carbocycles. The van der Waals surface area contributed by atoms with Crippen LogP contribution in [0.15, 0.2) is 48.5 Å². The Kier molecular flexibility index (Phi) is 4.45. The summed E-state index contributed by atoms with van der Waals surface area (Å²) in [4.78, 5) is 19.2. The summed E-state index contributed by atoms with van der Waals surface area (Å²) in [6, 6.07) is 13.9. The van der Waals surface area contributed by atoms with E-state index in [1.54, 1.807) is 42.5 Å². The highest BCUT2D eigenvalue weighted by atomic mass is 35.5. The minimum Gasteiger partial charge on any atom is -0.265 e. The summed E-state index contributed by atoms with van der Waals surface area (Å²) in [7, 11) is 0. The zero-order valence-electron chi connectivity index (χ0n) is 12.4. The van der Waals surface area contributed by atoms with Crippen molar-refractivity contribution in [3.8, 4) is 11.3 Å². The molecule has 0 bridgehead atoms.